The molecule has 0 bridgehead atoms. The van der Waals surface area contributed by atoms with Crippen LogP contribution in [0.2, 0.25) is 0 Å². The zero-order valence-electron chi connectivity index (χ0n) is 18.8. The third kappa shape index (κ3) is 7.67. The molecule has 1 amide bonds. The van der Waals surface area contributed by atoms with Crippen LogP contribution >= 0.6 is 0 Å². The van der Waals surface area contributed by atoms with Gasteiger partial charge >= 0.3 is 0 Å². The van der Waals surface area contributed by atoms with E-state index in [0.717, 1.165) is 12.0 Å². The summed E-state index contributed by atoms with van der Waals surface area (Å²) >= 11 is 0. The SMILES string of the molecule is CC(C)OC(C(=O)Nc1cccc(OCc2ccccc2)c1)[C@H](N)CC1CCCCC1. The second kappa shape index (κ2) is 11.9. The summed E-state index contributed by atoms with van der Waals surface area (Å²) in [6, 6.07) is 17.1. The minimum atomic E-state index is -0.671. The molecule has 31 heavy (non-hydrogen) atoms. The van der Waals surface area contributed by atoms with Crippen molar-refractivity contribution < 1.29 is 14.3 Å². The molecule has 0 spiro atoms. The quantitative estimate of drug-likeness (QED) is 0.543. The van der Waals surface area contributed by atoms with Gasteiger partial charge in [0.15, 0.2) is 6.10 Å². The second-order valence-corrected chi connectivity index (χ2v) is 8.80. The van der Waals surface area contributed by atoms with Crippen LogP contribution in [-0.4, -0.2) is 24.2 Å². The highest BCUT2D eigenvalue weighted by Gasteiger charge is 2.30. The zero-order valence-corrected chi connectivity index (χ0v) is 18.8. The molecule has 5 nitrogen and oxygen atoms in total. The minimum Gasteiger partial charge on any atom is -0.489 e. The topological polar surface area (TPSA) is 73.6 Å². The molecular weight excluding hydrogens is 388 g/mol. The zero-order chi connectivity index (χ0) is 22.1. The molecule has 3 N–H and O–H groups in total. The standard InChI is InChI=1S/C26H36N2O3/c1-19(2)31-25(24(27)16-20-10-5-3-6-11-20)26(29)28-22-14-9-15-23(17-22)30-18-21-12-7-4-8-13-21/h4,7-9,12-15,17,19-20,24-25H,3,5-6,10-11,16,18,27H2,1-2H3,(H,28,29)/t24-,25?/m1/s1. The van der Waals surface area contributed by atoms with Crippen LogP contribution in [0.25, 0.3) is 0 Å². The normalized spacial score (nSPS) is 16.6. The van der Waals surface area contributed by atoms with Crippen LogP contribution in [0, 0.1) is 5.92 Å². The van der Waals surface area contributed by atoms with Crippen molar-refractivity contribution in [2.24, 2.45) is 11.7 Å². The van der Waals surface area contributed by atoms with Crippen molar-refractivity contribution in [3.8, 4) is 5.75 Å². The Balaban J connectivity index is 1.60. The largest absolute Gasteiger partial charge is 0.489 e. The van der Waals surface area contributed by atoms with Crippen LogP contribution in [0.5, 0.6) is 5.75 Å². The maximum atomic E-state index is 13.1. The first-order valence-electron chi connectivity index (χ1n) is 11.5. The minimum absolute atomic E-state index is 0.0753. The van der Waals surface area contributed by atoms with E-state index in [0.29, 0.717) is 24.0 Å². The molecule has 2 aromatic rings. The van der Waals surface area contributed by atoms with Crippen molar-refractivity contribution in [3.05, 3.63) is 60.2 Å². The summed E-state index contributed by atoms with van der Waals surface area (Å²) in [5, 5.41) is 2.98. The average molecular weight is 425 g/mol. The Morgan fingerprint density at radius 2 is 1.81 bits per heavy atom. The molecule has 0 radical (unpaired) electrons. The van der Waals surface area contributed by atoms with Crippen molar-refractivity contribution in [3.63, 3.8) is 0 Å². The van der Waals surface area contributed by atoms with Crippen LogP contribution < -0.4 is 15.8 Å². The van der Waals surface area contributed by atoms with Crippen molar-refractivity contribution in [1.82, 2.24) is 0 Å². The lowest BCUT2D eigenvalue weighted by Gasteiger charge is -2.30. The van der Waals surface area contributed by atoms with Gasteiger partial charge in [-0.3, -0.25) is 4.79 Å². The van der Waals surface area contributed by atoms with Crippen LogP contribution in [0.1, 0.15) is 57.9 Å². The Kier molecular flexibility index (Phi) is 8.92. The number of amides is 1. The number of nitrogens with one attached hydrogen (secondary N) is 1. The molecule has 0 aromatic heterocycles. The van der Waals surface area contributed by atoms with Crippen LogP contribution in [0.15, 0.2) is 54.6 Å². The summed E-state index contributed by atoms with van der Waals surface area (Å²) < 4.78 is 11.8. The molecular formula is C26H36N2O3. The number of anilines is 1. The van der Waals surface area contributed by atoms with E-state index in [1.165, 1.54) is 32.1 Å². The molecule has 1 aliphatic carbocycles. The van der Waals surface area contributed by atoms with Crippen molar-refractivity contribution in [2.45, 2.75) is 77.2 Å². The number of carbonyl (C=O) groups excluding carboxylic acids is 1. The number of nitrogens with two attached hydrogens (primary N) is 1. The van der Waals surface area contributed by atoms with Gasteiger partial charge in [0.05, 0.1) is 6.10 Å². The molecule has 1 fully saturated rings. The molecule has 2 atom stereocenters. The Labute approximate surface area is 186 Å². The van der Waals surface area contributed by atoms with E-state index in [9.17, 15) is 4.79 Å². The van der Waals surface area contributed by atoms with Gasteiger partial charge in [-0.25, -0.2) is 0 Å². The third-order valence-electron chi connectivity index (χ3n) is 5.75. The highest BCUT2D eigenvalue weighted by Crippen LogP contribution is 2.28. The average Bonchev–Trinajstić information content (AvgIpc) is 2.77. The van der Waals surface area contributed by atoms with Gasteiger partial charge in [0.25, 0.3) is 5.91 Å². The highest BCUT2D eigenvalue weighted by atomic mass is 16.5. The van der Waals surface area contributed by atoms with Gasteiger partial charge in [0.1, 0.15) is 12.4 Å². The van der Waals surface area contributed by atoms with Gasteiger partial charge in [-0.2, -0.15) is 0 Å². The smallest absolute Gasteiger partial charge is 0.255 e. The van der Waals surface area contributed by atoms with Crippen LogP contribution in [0.3, 0.4) is 0 Å². The van der Waals surface area contributed by atoms with E-state index >= 15 is 0 Å². The predicted octanol–water partition coefficient (Wildman–Crippen LogP) is 5.30. The predicted molar refractivity (Wildman–Crippen MR) is 125 cm³/mol. The Bertz CT molecular complexity index is 803. The van der Waals surface area contributed by atoms with E-state index in [4.69, 9.17) is 15.2 Å². The van der Waals surface area contributed by atoms with Gasteiger partial charge in [0, 0.05) is 17.8 Å². The molecule has 5 heteroatoms. The van der Waals surface area contributed by atoms with Crippen LogP contribution in [-0.2, 0) is 16.1 Å². The number of benzene rings is 2. The fourth-order valence-electron chi connectivity index (χ4n) is 4.20. The van der Waals surface area contributed by atoms with Crippen LogP contribution in [0.4, 0.5) is 5.69 Å². The molecule has 0 heterocycles. The first-order chi connectivity index (χ1) is 15.0. The van der Waals surface area contributed by atoms with E-state index < -0.39 is 6.10 Å². The molecule has 2 aromatic carbocycles. The van der Waals surface area contributed by atoms with E-state index in [1.54, 1.807) is 0 Å². The van der Waals surface area contributed by atoms with Gasteiger partial charge in [-0.05, 0) is 43.9 Å². The monoisotopic (exact) mass is 424 g/mol. The van der Waals surface area contributed by atoms with Gasteiger partial charge in [-0.1, -0.05) is 68.5 Å². The fourth-order valence-corrected chi connectivity index (χ4v) is 4.20. The summed E-state index contributed by atoms with van der Waals surface area (Å²) in [5.41, 5.74) is 8.26. The highest BCUT2D eigenvalue weighted by molar-refractivity contribution is 5.94. The summed E-state index contributed by atoms with van der Waals surface area (Å²) in [6.07, 6.45) is 6.30. The summed E-state index contributed by atoms with van der Waals surface area (Å²) in [6.45, 7) is 4.35. The lowest BCUT2D eigenvalue weighted by molar-refractivity contribution is -0.132. The maximum Gasteiger partial charge on any atom is 0.255 e. The van der Waals surface area contributed by atoms with E-state index in [1.807, 2.05) is 68.4 Å². The molecule has 1 unspecified atom stereocenters. The van der Waals surface area contributed by atoms with Crippen molar-refractivity contribution >= 4 is 11.6 Å². The molecule has 1 aliphatic rings. The fraction of sp³-hybridized carbons (Fsp3) is 0.500. The summed E-state index contributed by atoms with van der Waals surface area (Å²) in [7, 11) is 0. The number of ether oxygens (including phenoxy) is 2. The van der Waals surface area contributed by atoms with E-state index in [-0.39, 0.29) is 18.1 Å². The molecule has 0 saturated heterocycles. The Hall–Kier alpha value is -2.37. The Morgan fingerprint density at radius 1 is 1.06 bits per heavy atom. The first kappa shape index (κ1) is 23.3. The lowest BCUT2D eigenvalue weighted by atomic mass is 9.84. The molecule has 0 aliphatic heterocycles. The van der Waals surface area contributed by atoms with Crippen molar-refractivity contribution in [1.29, 1.82) is 0 Å². The number of carbonyl (C=O) groups is 1. The number of hydrogen-bond donors (Lipinski definition) is 2. The van der Waals surface area contributed by atoms with Gasteiger partial charge < -0.3 is 20.5 Å². The molecule has 168 valence electrons. The maximum absolute atomic E-state index is 13.1. The molecule has 3 rings (SSSR count). The number of hydrogen-bond acceptors (Lipinski definition) is 4. The first-order valence-corrected chi connectivity index (χ1v) is 11.5. The van der Waals surface area contributed by atoms with Gasteiger partial charge in [-0.15, -0.1) is 0 Å². The lowest BCUT2D eigenvalue weighted by Crippen LogP contribution is -2.47. The number of rotatable bonds is 10. The summed E-state index contributed by atoms with van der Waals surface area (Å²) in [4.78, 5) is 13.1. The van der Waals surface area contributed by atoms with Gasteiger partial charge in [0.2, 0.25) is 0 Å². The summed E-state index contributed by atoms with van der Waals surface area (Å²) in [5.74, 6) is 1.09. The van der Waals surface area contributed by atoms with E-state index in [2.05, 4.69) is 5.32 Å². The Morgan fingerprint density at radius 3 is 2.52 bits per heavy atom. The third-order valence-corrected chi connectivity index (χ3v) is 5.75. The second-order valence-electron chi connectivity index (χ2n) is 8.80. The molecule has 1 saturated carbocycles. The van der Waals surface area contributed by atoms with Crippen molar-refractivity contribution in [2.75, 3.05) is 5.32 Å².